The summed E-state index contributed by atoms with van der Waals surface area (Å²) in [6, 6.07) is 1.10. The third kappa shape index (κ3) is 3.48. The predicted molar refractivity (Wildman–Crippen MR) is 55.1 cm³/mol. The maximum atomic E-state index is 12.5. The Balaban J connectivity index is 2.86. The molecule has 0 spiro atoms. The van der Waals surface area contributed by atoms with Gasteiger partial charge >= 0.3 is 5.69 Å². The Kier molecular flexibility index (Phi) is 4.55. The van der Waals surface area contributed by atoms with Gasteiger partial charge in [-0.1, -0.05) is 0 Å². The zero-order chi connectivity index (χ0) is 13.0. The quantitative estimate of drug-likeness (QED) is 0.602. The highest BCUT2D eigenvalue weighted by atomic mass is 19.1. The van der Waals surface area contributed by atoms with Crippen molar-refractivity contribution in [3.8, 4) is 0 Å². The van der Waals surface area contributed by atoms with E-state index in [1.165, 1.54) is 13.1 Å². The smallest absolute Gasteiger partial charge is 0.330 e. The number of aromatic nitrogens is 2. The van der Waals surface area contributed by atoms with E-state index in [0.717, 1.165) is 10.6 Å². The minimum Gasteiger partial charge on any atom is -0.393 e. The monoisotopic (exact) mass is 248 g/mol. The van der Waals surface area contributed by atoms with Crippen molar-refractivity contribution in [2.45, 2.75) is 25.6 Å². The van der Waals surface area contributed by atoms with Crippen molar-refractivity contribution in [3.05, 3.63) is 33.1 Å². The molecular weight excluding hydrogens is 235 g/mol. The van der Waals surface area contributed by atoms with Crippen molar-refractivity contribution in [1.82, 2.24) is 9.55 Å². The Hall–Kier alpha value is -1.51. The zero-order valence-electron chi connectivity index (χ0n) is 9.04. The summed E-state index contributed by atoms with van der Waals surface area (Å²) in [6.07, 6.45) is -3.59. The molecule has 0 saturated carbocycles. The van der Waals surface area contributed by atoms with Gasteiger partial charge in [0.25, 0.3) is 5.56 Å². The van der Waals surface area contributed by atoms with Crippen molar-refractivity contribution < 1.29 is 19.3 Å². The molecule has 1 rings (SSSR count). The second kappa shape index (κ2) is 5.71. The molecule has 0 bridgehead atoms. The maximum absolute atomic E-state index is 12.5. The Bertz CT molecular complexity index is 469. The fourth-order valence-electron chi connectivity index (χ4n) is 1.23. The second-order valence-corrected chi connectivity index (χ2v) is 3.35. The van der Waals surface area contributed by atoms with Gasteiger partial charge in [0, 0.05) is 12.3 Å². The highest BCUT2D eigenvalue weighted by Crippen LogP contribution is 2.10. The highest BCUT2D eigenvalue weighted by Gasteiger charge is 2.21. The number of H-pyrrole nitrogens is 1. The third-order valence-electron chi connectivity index (χ3n) is 2.10. The Labute approximate surface area is 95.1 Å². The number of hydrogen-bond acceptors (Lipinski definition) is 5. The first kappa shape index (κ1) is 13.6. The first-order valence-electron chi connectivity index (χ1n) is 4.85. The Morgan fingerprint density at radius 3 is 2.71 bits per heavy atom. The first-order valence-corrected chi connectivity index (χ1v) is 4.85. The molecule has 0 aliphatic carbocycles. The normalized spacial score (nSPS) is 16.5. The fraction of sp³-hybridized carbons (Fsp3) is 0.556. The van der Waals surface area contributed by atoms with Gasteiger partial charge in [0.05, 0.1) is 6.61 Å². The standard InChI is InChI=1S/C9H13FN2O5/c1-5(17-6(4-13)8(10)15)12-3-2-7(14)11-9(12)16/h2-3,5-6,8,13,15H,4H2,1H3,(H,11,14,16). The molecule has 0 radical (unpaired) electrons. The number of nitrogens with zero attached hydrogens (tertiary/aromatic N) is 1. The minimum atomic E-state index is -2.36. The second-order valence-electron chi connectivity index (χ2n) is 3.35. The van der Waals surface area contributed by atoms with E-state index in [-0.39, 0.29) is 0 Å². The van der Waals surface area contributed by atoms with Crippen molar-refractivity contribution in [1.29, 1.82) is 0 Å². The van der Waals surface area contributed by atoms with E-state index in [4.69, 9.17) is 14.9 Å². The van der Waals surface area contributed by atoms with Gasteiger partial charge in [0.15, 0.2) is 0 Å². The van der Waals surface area contributed by atoms with Crippen molar-refractivity contribution in [2.75, 3.05) is 6.61 Å². The van der Waals surface area contributed by atoms with Crippen LogP contribution in [0.4, 0.5) is 4.39 Å². The molecule has 3 unspecified atom stereocenters. The number of aliphatic hydroxyl groups is 2. The number of hydrogen-bond donors (Lipinski definition) is 3. The number of nitrogens with one attached hydrogen (secondary N) is 1. The summed E-state index contributed by atoms with van der Waals surface area (Å²) in [7, 11) is 0. The van der Waals surface area contributed by atoms with Crippen LogP contribution < -0.4 is 11.2 Å². The molecule has 1 aromatic rings. The van der Waals surface area contributed by atoms with E-state index in [2.05, 4.69) is 0 Å². The Morgan fingerprint density at radius 1 is 1.59 bits per heavy atom. The average Bonchev–Trinajstić information content (AvgIpc) is 2.24. The lowest BCUT2D eigenvalue weighted by Crippen LogP contribution is -2.36. The van der Waals surface area contributed by atoms with Gasteiger partial charge in [-0.15, -0.1) is 0 Å². The summed E-state index contributed by atoms with van der Waals surface area (Å²) in [4.78, 5) is 24.1. The lowest BCUT2D eigenvalue weighted by Gasteiger charge is -2.22. The van der Waals surface area contributed by atoms with E-state index in [9.17, 15) is 14.0 Å². The molecule has 0 fully saturated rings. The topological polar surface area (TPSA) is 105 Å². The third-order valence-corrected chi connectivity index (χ3v) is 2.10. The van der Waals surface area contributed by atoms with Crippen LogP contribution in [-0.2, 0) is 4.74 Å². The molecule has 0 aliphatic rings. The molecule has 8 heteroatoms. The van der Waals surface area contributed by atoms with E-state index < -0.39 is 36.5 Å². The van der Waals surface area contributed by atoms with Gasteiger partial charge in [-0.25, -0.2) is 9.18 Å². The lowest BCUT2D eigenvalue weighted by molar-refractivity contribution is -0.156. The maximum Gasteiger partial charge on any atom is 0.330 e. The van der Waals surface area contributed by atoms with Crippen LogP contribution in [0, 0.1) is 0 Å². The van der Waals surface area contributed by atoms with Crippen molar-refractivity contribution in [2.24, 2.45) is 0 Å². The lowest BCUT2D eigenvalue weighted by atomic mass is 10.4. The first-order chi connectivity index (χ1) is 7.95. The summed E-state index contributed by atoms with van der Waals surface area (Å²) in [5, 5.41) is 17.4. The van der Waals surface area contributed by atoms with E-state index in [0.29, 0.717) is 0 Å². The fourth-order valence-corrected chi connectivity index (χ4v) is 1.23. The molecule has 3 atom stereocenters. The molecule has 7 nitrogen and oxygen atoms in total. The largest absolute Gasteiger partial charge is 0.393 e. The zero-order valence-corrected chi connectivity index (χ0v) is 9.04. The van der Waals surface area contributed by atoms with Crippen LogP contribution in [0.1, 0.15) is 13.2 Å². The SMILES string of the molecule is CC(OC(CO)C(O)F)n1ccc(=O)[nH]c1=O. The van der Waals surface area contributed by atoms with Crippen LogP contribution in [0.15, 0.2) is 21.9 Å². The number of halogens is 1. The van der Waals surface area contributed by atoms with Gasteiger partial charge in [-0.05, 0) is 6.92 Å². The molecule has 17 heavy (non-hydrogen) atoms. The summed E-state index contributed by atoms with van der Waals surface area (Å²) >= 11 is 0. The minimum absolute atomic E-state index is 0.567. The predicted octanol–water partition coefficient (Wildman–Crippen LogP) is -1.28. The summed E-state index contributed by atoms with van der Waals surface area (Å²) in [5.41, 5.74) is -1.29. The molecule has 96 valence electrons. The van der Waals surface area contributed by atoms with Gasteiger partial charge in [0.2, 0.25) is 6.36 Å². The van der Waals surface area contributed by atoms with Crippen molar-refractivity contribution >= 4 is 0 Å². The van der Waals surface area contributed by atoms with Gasteiger partial charge in [-0.3, -0.25) is 14.3 Å². The molecule has 1 heterocycles. The highest BCUT2D eigenvalue weighted by molar-refractivity contribution is 4.83. The van der Waals surface area contributed by atoms with Crippen LogP contribution in [0.25, 0.3) is 0 Å². The summed E-state index contributed by atoms with van der Waals surface area (Å²) in [6.45, 7) is 0.671. The molecule has 0 aromatic carbocycles. The number of aromatic amines is 1. The van der Waals surface area contributed by atoms with E-state index >= 15 is 0 Å². The number of aliphatic hydroxyl groups excluding tert-OH is 2. The van der Waals surface area contributed by atoms with Gasteiger partial charge in [0.1, 0.15) is 12.3 Å². The van der Waals surface area contributed by atoms with Crippen LogP contribution in [0.3, 0.4) is 0 Å². The molecule has 0 saturated heterocycles. The number of rotatable bonds is 5. The number of ether oxygens (including phenoxy) is 1. The Morgan fingerprint density at radius 2 is 2.24 bits per heavy atom. The molecule has 3 N–H and O–H groups in total. The van der Waals surface area contributed by atoms with E-state index in [1.807, 2.05) is 4.98 Å². The molecule has 0 amide bonds. The van der Waals surface area contributed by atoms with Crippen LogP contribution in [-0.4, -0.2) is 38.8 Å². The van der Waals surface area contributed by atoms with Crippen molar-refractivity contribution in [3.63, 3.8) is 0 Å². The molecule has 1 aromatic heterocycles. The van der Waals surface area contributed by atoms with Gasteiger partial charge in [-0.2, -0.15) is 0 Å². The molecule has 0 aliphatic heterocycles. The van der Waals surface area contributed by atoms with Crippen LogP contribution >= 0.6 is 0 Å². The number of alkyl halides is 1. The molecular formula is C9H13FN2O5. The summed E-state index contributed by atoms with van der Waals surface area (Å²) in [5.74, 6) is 0. The van der Waals surface area contributed by atoms with Crippen LogP contribution in [0.2, 0.25) is 0 Å². The van der Waals surface area contributed by atoms with E-state index in [1.54, 1.807) is 0 Å². The van der Waals surface area contributed by atoms with Gasteiger partial charge < -0.3 is 14.9 Å². The van der Waals surface area contributed by atoms with Crippen LogP contribution in [0.5, 0.6) is 0 Å². The summed E-state index contributed by atoms with van der Waals surface area (Å²) < 4.78 is 18.5. The average molecular weight is 248 g/mol.